The molecule has 1 rings (SSSR count). The first kappa shape index (κ1) is 13.5. The fraction of sp³-hybridized carbons (Fsp3) is 0.462. The molecule has 0 amide bonds. The minimum Gasteiger partial charge on any atom is -0.300 e. The van der Waals surface area contributed by atoms with Crippen LogP contribution in [-0.2, 0) is 11.2 Å². The van der Waals surface area contributed by atoms with E-state index in [1.54, 1.807) is 6.07 Å². The molecule has 1 aromatic rings. The summed E-state index contributed by atoms with van der Waals surface area (Å²) in [7, 11) is 0. The zero-order chi connectivity index (χ0) is 12.1. The zero-order valence-corrected chi connectivity index (χ0v) is 11.1. The molecule has 0 radical (unpaired) electrons. The minimum atomic E-state index is 0.307. The lowest BCUT2D eigenvalue weighted by atomic mass is 10.0. The van der Waals surface area contributed by atoms with Crippen LogP contribution in [0.3, 0.4) is 0 Å². The van der Waals surface area contributed by atoms with Crippen LogP contribution in [0.1, 0.15) is 32.3 Å². The molecule has 0 saturated carbocycles. The largest absolute Gasteiger partial charge is 0.300 e. The molecule has 0 heterocycles. The van der Waals surface area contributed by atoms with E-state index in [0.717, 1.165) is 12.0 Å². The van der Waals surface area contributed by atoms with Gasteiger partial charge in [-0.2, -0.15) is 0 Å². The van der Waals surface area contributed by atoms with Gasteiger partial charge in [-0.3, -0.25) is 4.79 Å². The number of rotatable bonds is 5. The van der Waals surface area contributed by atoms with E-state index in [9.17, 15) is 4.79 Å². The van der Waals surface area contributed by atoms with E-state index < -0.39 is 0 Å². The number of halogens is 2. The highest BCUT2D eigenvalue weighted by atomic mass is 35.5. The Morgan fingerprint density at radius 1 is 1.25 bits per heavy atom. The van der Waals surface area contributed by atoms with Crippen LogP contribution in [0.25, 0.3) is 0 Å². The fourth-order valence-electron chi connectivity index (χ4n) is 1.54. The molecule has 0 aliphatic rings. The van der Waals surface area contributed by atoms with E-state index >= 15 is 0 Å². The summed E-state index contributed by atoms with van der Waals surface area (Å²) in [6.45, 7) is 4.11. The summed E-state index contributed by atoms with van der Waals surface area (Å²) in [4.78, 5) is 11.5. The van der Waals surface area contributed by atoms with Crippen molar-refractivity contribution in [2.75, 3.05) is 0 Å². The normalized spacial score (nSPS) is 10.8. The summed E-state index contributed by atoms with van der Waals surface area (Å²) in [5.41, 5.74) is 1.06. The Balaban J connectivity index is 2.48. The first-order valence-corrected chi connectivity index (χ1v) is 6.20. The molecule has 0 atom stereocenters. The maximum atomic E-state index is 11.5. The number of aryl methyl sites for hydroxylation is 1. The Kier molecular flexibility index (Phi) is 5.30. The molecule has 0 bridgehead atoms. The van der Waals surface area contributed by atoms with Crippen LogP contribution < -0.4 is 0 Å². The van der Waals surface area contributed by atoms with Crippen molar-refractivity contribution in [2.45, 2.75) is 33.1 Å². The lowest BCUT2D eigenvalue weighted by molar-refractivity contribution is -0.119. The number of ketones is 1. The molecule has 0 N–H and O–H groups in total. The van der Waals surface area contributed by atoms with E-state index in [2.05, 4.69) is 13.8 Å². The number of carbonyl (C=O) groups is 1. The minimum absolute atomic E-state index is 0.307. The van der Waals surface area contributed by atoms with Gasteiger partial charge in [0.05, 0.1) is 10.0 Å². The van der Waals surface area contributed by atoms with Crippen molar-refractivity contribution in [2.24, 2.45) is 5.92 Å². The SMILES string of the molecule is CC(C)CC(=O)CCc1ccc(Cl)c(Cl)c1. The summed E-state index contributed by atoms with van der Waals surface area (Å²) in [6.07, 6.45) is 1.97. The predicted molar refractivity (Wildman–Crippen MR) is 69.2 cm³/mol. The van der Waals surface area contributed by atoms with E-state index in [1.807, 2.05) is 12.1 Å². The van der Waals surface area contributed by atoms with Crippen molar-refractivity contribution in [3.8, 4) is 0 Å². The van der Waals surface area contributed by atoms with Gasteiger partial charge in [-0.15, -0.1) is 0 Å². The number of carbonyl (C=O) groups excluding carboxylic acids is 1. The van der Waals surface area contributed by atoms with Gasteiger partial charge in [0.15, 0.2) is 0 Å². The highest BCUT2D eigenvalue weighted by molar-refractivity contribution is 6.42. The Bertz CT molecular complexity index is 372. The smallest absolute Gasteiger partial charge is 0.133 e. The third kappa shape index (κ3) is 4.54. The molecule has 3 heteroatoms. The molecule has 0 fully saturated rings. The van der Waals surface area contributed by atoms with Crippen LogP contribution in [0.4, 0.5) is 0 Å². The Labute approximate surface area is 107 Å². The Morgan fingerprint density at radius 2 is 1.94 bits per heavy atom. The summed E-state index contributed by atoms with van der Waals surface area (Å²) in [5.74, 6) is 0.738. The van der Waals surface area contributed by atoms with Gasteiger partial charge < -0.3 is 0 Å². The van der Waals surface area contributed by atoms with E-state index in [4.69, 9.17) is 23.2 Å². The third-order valence-corrected chi connectivity index (χ3v) is 3.05. The second kappa shape index (κ2) is 6.27. The predicted octanol–water partition coefficient (Wildman–Crippen LogP) is 4.54. The van der Waals surface area contributed by atoms with Gasteiger partial charge in [0.2, 0.25) is 0 Å². The molecule has 1 nitrogen and oxygen atoms in total. The summed E-state index contributed by atoms with van der Waals surface area (Å²) >= 11 is 11.7. The zero-order valence-electron chi connectivity index (χ0n) is 9.59. The molecular formula is C13H16Cl2O. The molecule has 0 saturated heterocycles. The first-order valence-electron chi connectivity index (χ1n) is 5.44. The van der Waals surface area contributed by atoms with Crippen molar-refractivity contribution in [1.29, 1.82) is 0 Å². The highest BCUT2D eigenvalue weighted by Gasteiger charge is 2.06. The second-order valence-electron chi connectivity index (χ2n) is 4.39. The van der Waals surface area contributed by atoms with Gasteiger partial charge in [-0.1, -0.05) is 43.1 Å². The molecule has 0 aromatic heterocycles. The summed E-state index contributed by atoms with van der Waals surface area (Å²) in [6, 6.07) is 5.51. The summed E-state index contributed by atoms with van der Waals surface area (Å²) < 4.78 is 0. The van der Waals surface area contributed by atoms with Crippen LogP contribution in [-0.4, -0.2) is 5.78 Å². The van der Waals surface area contributed by atoms with Crippen molar-refractivity contribution in [1.82, 2.24) is 0 Å². The topological polar surface area (TPSA) is 17.1 Å². The maximum absolute atomic E-state index is 11.5. The quantitative estimate of drug-likeness (QED) is 0.758. The maximum Gasteiger partial charge on any atom is 0.133 e. The van der Waals surface area contributed by atoms with E-state index in [1.165, 1.54) is 0 Å². The van der Waals surface area contributed by atoms with Crippen molar-refractivity contribution >= 4 is 29.0 Å². The van der Waals surface area contributed by atoms with E-state index in [-0.39, 0.29) is 0 Å². The number of hydrogen-bond acceptors (Lipinski definition) is 1. The molecule has 16 heavy (non-hydrogen) atoms. The van der Waals surface area contributed by atoms with Gasteiger partial charge in [0, 0.05) is 12.8 Å². The van der Waals surface area contributed by atoms with Gasteiger partial charge >= 0.3 is 0 Å². The molecule has 0 aliphatic heterocycles. The lowest BCUT2D eigenvalue weighted by Crippen LogP contribution is -2.04. The number of benzene rings is 1. The van der Waals surface area contributed by atoms with Crippen LogP contribution in [0.2, 0.25) is 10.0 Å². The summed E-state index contributed by atoms with van der Waals surface area (Å²) in [5, 5.41) is 1.11. The number of hydrogen-bond donors (Lipinski definition) is 0. The van der Waals surface area contributed by atoms with E-state index in [0.29, 0.717) is 34.6 Å². The van der Waals surface area contributed by atoms with Crippen LogP contribution in [0, 0.1) is 5.92 Å². The Hall–Kier alpha value is -0.530. The van der Waals surface area contributed by atoms with Crippen molar-refractivity contribution in [3.63, 3.8) is 0 Å². The molecular weight excluding hydrogens is 243 g/mol. The average molecular weight is 259 g/mol. The van der Waals surface area contributed by atoms with Gasteiger partial charge in [0.1, 0.15) is 5.78 Å². The first-order chi connectivity index (χ1) is 7.49. The molecule has 0 unspecified atom stereocenters. The number of Topliss-reactive ketones (excluding diaryl/α,β-unsaturated/α-hetero) is 1. The highest BCUT2D eigenvalue weighted by Crippen LogP contribution is 2.23. The Morgan fingerprint density at radius 3 is 2.50 bits per heavy atom. The van der Waals surface area contributed by atoms with Crippen LogP contribution >= 0.6 is 23.2 Å². The average Bonchev–Trinajstić information content (AvgIpc) is 2.19. The van der Waals surface area contributed by atoms with Crippen molar-refractivity contribution in [3.05, 3.63) is 33.8 Å². The monoisotopic (exact) mass is 258 g/mol. The van der Waals surface area contributed by atoms with Crippen LogP contribution in [0.5, 0.6) is 0 Å². The second-order valence-corrected chi connectivity index (χ2v) is 5.20. The van der Waals surface area contributed by atoms with Gasteiger partial charge in [0.25, 0.3) is 0 Å². The van der Waals surface area contributed by atoms with Gasteiger partial charge in [-0.25, -0.2) is 0 Å². The molecule has 88 valence electrons. The molecule has 1 aromatic carbocycles. The van der Waals surface area contributed by atoms with Gasteiger partial charge in [-0.05, 0) is 30.0 Å². The lowest BCUT2D eigenvalue weighted by Gasteiger charge is -2.05. The molecule has 0 spiro atoms. The van der Waals surface area contributed by atoms with Crippen molar-refractivity contribution < 1.29 is 4.79 Å². The van der Waals surface area contributed by atoms with Crippen LogP contribution in [0.15, 0.2) is 18.2 Å². The molecule has 0 aliphatic carbocycles. The third-order valence-electron chi connectivity index (χ3n) is 2.31. The fourth-order valence-corrected chi connectivity index (χ4v) is 1.86. The standard InChI is InChI=1S/C13H16Cl2O/c1-9(2)7-11(16)5-3-10-4-6-12(14)13(15)8-10/h4,6,8-9H,3,5,7H2,1-2H3.